The van der Waals surface area contributed by atoms with Gasteiger partial charge in [-0.1, -0.05) is 31.3 Å². The van der Waals surface area contributed by atoms with E-state index in [2.05, 4.69) is 11.8 Å². The fourth-order valence-electron chi connectivity index (χ4n) is 1.64. The number of aliphatic hydroxyl groups excluding tert-OH is 1. The minimum absolute atomic E-state index is 0.00471. The van der Waals surface area contributed by atoms with E-state index in [1.165, 1.54) is 4.31 Å². The molecule has 0 aliphatic rings. The average molecular weight is 295 g/mol. The van der Waals surface area contributed by atoms with E-state index in [1.54, 1.807) is 31.3 Å². The van der Waals surface area contributed by atoms with Crippen LogP contribution in [0.4, 0.5) is 0 Å². The number of hydrogen-bond donors (Lipinski definition) is 1. The molecule has 1 aromatic rings. The van der Waals surface area contributed by atoms with Gasteiger partial charge in [0.2, 0.25) is 10.0 Å². The van der Waals surface area contributed by atoms with Gasteiger partial charge >= 0.3 is 0 Å². The van der Waals surface area contributed by atoms with Gasteiger partial charge in [-0.05, 0) is 24.6 Å². The van der Waals surface area contributed by atoms with Gasteiger partial charge in [0.15, 0.2) is 0 Å². The van der Waals surface area contributed by atoms with E-state index >= 15 is 0 Å². The summed E-state index contributed by atoms with van der Waals surface area (Å²) in [6, 6.07) is 6.59. The van der Waals surface area contributed by atoms with Crippen LogP contribution in [-0.2, 0) is 10.0 Å². The summed E-state index contributed by atoms with van der Waals surface area (Å²) < 4.78 is 26.1. The molecule has 0 aromatic heterocycles. The highest BCUT2D eigenvalue weighted by Crippen LogP contribution is 2.16. The molecule has 1 rings (SSSR count). The number of hydrogen-bond acceptors (Lipinski definition) is 3. The molecule has 20 heavy (non-hydrogen) atoms. The summed E-state index contributed by atoms with van der Waals surface area (Å²) in [6.07, 6.45) is 2.17. The molecule has 4 nitrogen and oxygen atoms in total. The van der Waals surface area contributed by atoms with Crippen molar-refractivity contribution in [2.45, 2.75) is 31.1 Å². The van der Waals surface area contributed by atoms with Crippen LogP contribution in [0, 0.1) is 11.8 Å². The van der Waals surface area contributed by atoms with Crippen LogP contribution >= 0.6 is 0 Å². The standard InChI is InChI=1S/C15H21NO3S/c1-3-4-11-16(2)20(18,19)15-10-7-9-14(13-15)8-5-6-12-17/h7,9-10,13,17H,3-4,6,11-12H2,1-2H3. The first-order valence-electron chi connectivity index (χ1n) is 6.68. The molecular formula is C15H21NO3S. The van der Waals surface area contributed by atoms with Crippen molar-refractivity contribution in [2.24, 2.45) is 0 Å². The lowest BCUT2D eigenvalue weighted by molar-refractivity contribution is 0.305. The second kappa shape index (κ2) is 8.05. The van der Waals surface area contributed by atoms with Crippen molar-refractivity contribution >= 4 is 10.0 Å². The van der Waals surface area contributed by atoms with E-state index in [1.807, 2.05) is 6.92 Å². The molecular weight excluding hydrogens is 274 g/mol. The molecule has 0 amide bonds. The minimum atomic E-state index is -3.45. The zero-order valence-corrected chi connectivity index (χ0v) is 12.8. The number of unbranched alkanes of at least 4 members (excludes halogenated alkanes) is 1. The van der Waals surface area contributed by atoms with E-state index in [4.69, 9.17) is 5.11 Å². The molecule has 0 unspecified atom stereocenters. The first-order valence-corrected chi connectivity index (χ1v) is 8.12. The smallest absolute Gasteiger partial charge is 0.242 e. The predicted octanol–water partition coefficient (Wildman–Crippen LogP) is 1.84. The Morgan fingerprint density at radius 3 is 2.75 bits per heavy atom. The minimum Gasteiger partial charge on any atom is -0.395 e. The fourth-order valence-corrected chi connectivity index (χ4v) is 2.89. The lowest BCUT2D eigenvalue weighted by Crippen LogP contribution is -2.27. The molecule has 0 bridgehead atoms. The topological polar surface area (TPSA) is 57.6 Å². The van der Waals surface area contributed by atoms with Crippen LogP contribution in [0.15, 0.2) is 29.2 Å². The second-order valence-electron chi connectivity index (χ2n) is 4.48. The van der Waals surface area contributed by atoms with Gasteiger partial charge in [-0.3, -0.25) is 0 Å². The number of aliphatic hydroxyl groups is 1. The van der Waals surface area contributed by atoms with Crippen molar-refractivity contribution in [3.8, 4) is 11.8 Å². The third-order valence-corrected chi connectivity index (χ3v) is 4.69. The highest BCUT2D eigenvalue weighted by molar-refractivity contribution is 7.89. The normalized spacial score (nSPS) is 11.2. The molecule has 1 N–H and O–H groups in total. The molecule has 110 valence electrons. The second-order valence-corrected chi connectivity index (χ2v) is 6.53. The summed E-state index contributed by atoms with van der Waals surface area (Å²) in [5, 5.41) is 8.68. The Balaban J connectivity index is 2.96. The van der Waals surface area contributed by atoms with Crippen LogP contribution in [0.5, 0.6) is 0 Å². The van der Waals surface area contributed by atoms with E-state index in [-0.39, 0.29) is 11.5 Å². The monoisotopic (exact) mass is 295 g/mol. The van der Waals surface area contributed by atoms with Crippen molar-refractivity contribution in [3.05, 3.63) is 29.8 Å². The number of rotatable bonds is 6. The average Bonchev–Trinajstić information content (AvgIpc) is 2.45. The maximum absolute atomic E-state index is 12.4. The Labute approximate surface area is 121 Å². The highest BCUT2D eigenvalue weighted by Gasteiger charge is 2.20. The number of sulfonamides is 1. The van der Waals surface area contributed by atoms with Crippen molar-refractivity contribution in [3.63, 3.8) is 0 Å². The third kappa shape index (κ3) is 4.64. The molecule has 5 heteroatoms. The van der Waals surface area contributed by atoms with Crippen LogP contribution in [0.2, 0.25) is 0 Å². The SMILES string of the molecule is CCCCN(C)S(=O)(=O)c1cccc(C#CCCO)c1. The molecule has 0 radical (unpaired) electrons. The molecule has 0 atom stereocenters. The first kappa shape index (κ1) is 16.7. The van der Waals surface area contributed by atoms with Crippen LogP contribution < -0.4 is 0 Å². The van der Waals surface area contributed by atoms with Crippen LogP contribution in [-0.4, -0.2) is 38.0 Å². The van der Waals surface area contributed by atoms with Gasteiger partial charge in [0.05, 0.1) is 11.5 Å². The van der Waals surface area contributed by atoms with Crippen LogP contribution in [0.3, 0.4) is 0 Å². The van der Waals surface area contributed by atoms with Gasteiger partial charge < -0.3 is 5.11 Å². The van der Waals surface area contributed by atoms with Crippen molar-refractivity contribution in [1.29, 1.82) is 0 Å². The summed E-state index contributed by atoms with van der Waals surface area (Å²) >= 11 is 0. The summed E-state index contributed by atoms with van der Waals surface area (Å²) in [6.45, 7) is 2.54. The van der Waals surface area contributed by atoms with Gasteiger partial charge in [-0.15, -0.1) is 0 Å². The molecule has 1 aromatic carbocycles. The quantitative estimate of drug-likeness (QED) is 0.815. The lowest BCUT2D eigenvalue weighted by atomic mass is 10.2. The Morgan fingerprint density at radius 2 is 2.10 bits per heavy atom. The summed E-state index contributed by atoms with van der Waals surface area (Å²) in [5.74, 6) is 5.63. The molecule has 0 aliphatic carbocycles. The Kier molecular flexibility index (Phi) is 6.73. The van der Waals surface area contributed by atoms with Gasteiger partial charge in [0.25, 0.3) is 0 Å². The highest BCUT2D eigenvalue weighted by atomic mass is 32.2. The molecule has 0 fully saturated rings. The zero-order chi connectivity index (χ0) is 15.0. The van der Waals surface area contributed by atoms with E-state index in [0.29, 0.717) is 18.5 Å². The number of benzene rings is 1. The molecule has 0 heterocycles. The predicted molar refractivity (Wildman–Crippen MR) is 79.7 cm³/mol. The van der Waals surface area contributed by atoms with Crippen molar-refractivity contribution in [2.75, 3.05) is 20.2 Å². The lowest BCUT2D eigenvalue weighted by Gasteiger charge is -2.16. The van der Waals surface area contributed by atoms with Gasteiger partial charge in [0, 0.05) is 25.6 Å². The van der Waals surface area contributed by atoms with E-state index in [0.717, 1.165) is 12.8 Å². The zero-order valence-electron chi connectivity index (χ0n) is 12.0. The Bertz CT molecular complexity index is 585. The Hall–Kier alpha value is -1.35. The Morgan fingerprint density at radius 1 is 1.35 bits per heavy atom. The largest absolute Gasteiger partial charge is 0.395 e. The first-order chi connectivity index (χ1) is 9.52. The van der Waals surface area contributed by atoms with Gasteiger partial charge in [-0.25, -0.2) is 12.7 Å². The van der Waals surface area contributed by atoms with E-state index < -0.39 is 10.0 Å². The summed E-state index contributed by atoms with van der Waals surface area (Å²) in [4.78, 5) is 0.256. The maximum Gasteiger partial charge on any atom is 0.242 e. The van der Waals surface area contributed by atoms with Gasteiger partial charge in [-0.2, -0.15) is 0 Å². The molecule has 0 saturated carbocycles. The summed E-state index contributed by atoms with van der Waals surface area (Å²) in [5.41, 5.74) is 0.642. The maximum atomic E-state index is 12.4. The number of nitrogens with zero attached hydrogens (tertiary/aromatic N) is 1. The molecule has 0 aliphatic heterocycles. The molecule has 0 saturated heterocycles. The van der Waals surface area contributed by atoms with Gasteiger partial charge in [0.1, 0.15) is 0 Å². The summed E-state index contributed by atoms with van der Waals surface area (Å²) in [7, 11) is -1.86. The third-order valence-electron chi connectivity index (χ3n) is 2.84. The molecule has 0 spiro atoms. The van der Waals surface area contributed by atoms with E-state index in [9.17, 15) is 8.42 Å². The fraction of sp³-hybridized carbons (Fsp3) is 0.467. The van der Waals surface area contributed by atoms with Crippen molar-refractivity contribution in [1.82, 2.24) is 4.31 Å². The van der Waals surface area contributed by atoms with Crippen molar-refractivity contribution < 1.29 is 13.5 Å². The van der Waals surface area contributed by atoms with Crippen LogP contribution in [0.25, 0.3) is 0 Å². The van der Waals surface area contributed by atoms with Crippen LogP contribution in [0.1, 0.15) is 31.7 Å².